The number of ether oxygens (including phenoxy) is 1. The molecule has 0 aliphatic heterocycles. The molecule has 0 aliphatic rings. The highest BCUT2D eigenvalue weighted by Crippen LogP contribution is 2.15. The van der Waals surface area contributed by atoms with Crippen LogP contribution in [0, 0.1) is 0 Å². The molecule has 1 aromatic rings. The molecule has 2 unspecified atom stereocenters. The summed E-state index contributed by atoms with van der Waals surface area (Å²) < 4.78 is 6.99. The SMILES string of the molecule is CCC(COC)n1nnnc1C(C)NC. The minimum atomic E-state index is 0.144. The number of hydrogen-bond donors (Lipinski definition) is 1. The Labute approximate surface area is 90.0 Å². The first kappa shape index (κ1) is 12.1. The molecule has 86 valence electrons. The van der Waals surface area contributed by atoms with Gasteiger partial charge in [0.2, 0.25) is 0 Å². The Morgan fingerprint density at radius 2 is 2.27 bits per heavy atom. The first-order valence-electron chi connectivity index (χ1n) is 5.18. The van der Waals surface area contributed by atoms with E-state index in [0.717, 1.165) is 12.2 Å². The summed E-state index contributed by atoms with van der Waals surface area (Å²) in [5.41, 5.74) is 0. The second-order valence-electron chi connectivity index (χ2n) is 3.51. The van der Waals surface area contributed by atoms with Crippen LogP contribution in [0.1, 0.15) is 38.2 Å². The van der Waals surface area contributed by atoms with E-state index in [1.807, 2.05) is 18.7 Å². The first-order chi connectivity index (χ1) is 7.24. The van der Waals surface area contributed by atoms with Gasteiger partial charge in [-0.15, -0.1) is 5.10 Å². The van der Waals surface area contributed by atoms with Crippen LogP contribution in [0.3, 0.4) is 0 Å². The van der Waals surface area contributed by atoms with E-state index in [1.165, 1.54) is 0 Å². The highest BCUT2D eigenvalue weighted by molar-refractivity contribution is 4.91. The van der Waals surface area contributed by atoms with Crippen LogP contribution in [0.15, 0.2) is 0 Å². The number of methoxy groups -OCH3 is 1. The summed E-state index contributed by atoms with van der Waals surface area (Å²) in [4.78, 5) is 0. The van der Waals surface area contributed by atoms with Gasteiger partial charge in [-0.1, -0.05) is 6.92 Å². The Hall–Kier alpha value is -1.01. The summed E-state index contributed by atoms with van der Waals surface area (Å²) in [7, 11) is 3.58. The Kier molecular flexibility index (Phi) is 4.64. The summed E-state index contributed by atoms with van der Waals surface area (Å²) in [5.74, 6) is 0.849. The molecule has 6 heteroatoms. The fraction of sp³-hybridized carbons (Fsp3) is 0.889. The van der Waals surface area contributed by atoms with Crippen molar-refractivity contribution in [3.8, 4) is 0 Å². The van der Waals surface area contributed by atoms with E-state index in [-0.39, 0.29) is 12.1 Å². The quantitative estimate of drug-likeness (QED) is 0.747. The maximum absolute atomic E-state index is 5.15. The average molecular weight is 213 g/mol. The zero-order valence-electron chi connectivity index (χ0n) is 9.77. The van der Waals surface area contributed by atoms with Gasteiger partial charge in [-0.05, 0) is 30.8 Å². The van der Waals surface area contributed by atoms with E-state index < -0.39 is 0 Å². The minimum absolute atomic E-state index is 0.144. The second kappa shape index (κ2) is 5.77. The van der Waals surface area contributed by atoms with Gasteiger partial charge in [-0.3, -0.25) is 0 Å². The Morgan fingerprint density at radius 1 is 1.53 bits per heavy atom. The van der Waals surface area contributed by atoms with Crippen LogP contribution >= 0.6 is 0 Å². The van der Waals surface area contributed by atoms with Gasteiger partial charge in [0.15, 0.2) is 5.82 Å². The summed E-state index contributed by atoms with van der Waals surface area (Å²) in [6.45, 7) is 4.76. The molecule has 1 heterocycles. The number of nitrogens with zero attached hydrogens (tertiary/aromatic N) is 4. The summed E-state index contributed by atoms with van der Waals surface area (Å²) >= 11 is 0. The number of nitrogens with one attached hydrogen (secondary N) is 1. The lowest BCUT2D eigenvalue weighted by Gasteiger charge is -2.17. The molecule has 15 heavy (non-hydrogen) atoms. The molecule has 6 nitrogen and oxygen atoms in total. The molecule has 0 saturated heterocycles. The molecule has 0 radical (unpaired) electrons. The topological polar surface area (TPSA) is 64.9 Å². The summed E-state index contributed by atoms with van der Waals surface area (Å²) in [5, 5.41) is 14.9. The maximum atomic E-state index is 5.15. The van der Waals surface area contributed by atoms with Gasteiger partial charge in [-0.25, -0.2) is 4.68 Å². The van der Waals surface area contributed by atoms with Crippen molar-refractivity contribution in [1.82, 2.24) is 25.5 Å². The van der Waals surface area contributed by atoms with E-state index >= 15 is 0 Å². The molecule has 1 aromatic heterocycles. The highest BCUT2D eigenvalue weighted by atomic mass is 16.5. The van der Waals surface area contributed by atoms with Gasteiger partial charge in [-0.2, -0.15) is 0 Å². The smallest absolute Gasteiger partial charge is 0.168 e. The van der Waals surface area contributed by atoms with Crippen molar-refractivity contribution in [2.75, 3.05) is 20.8 Å². The molecule has 0 amide bonds. The van der Waals surface area contributed by atoms with Crippen LogP contribution in [0.25, 0.3) is 0 Å². The molecular formula is C9H19N5O. The third-order valence-corrected chi connectivity index (χ3v) is 2.51. The molecule has 0 saturated carbocycles. The van der Waals surface area contributed by atoms with Gasteiger partial charge >= 0.3 is 0 Å². The third kappa shape index (κ3) is 2.73. The molecule has 0 bridgehead atoms. The zero-order chi connectivity index (χ0) is 11.3. The number of tetrazole rings is 1. The van der Waals surface area contributed by atoms with E-state index in [4.69, 9.17) is 4.74 Å². The molecule has 0 fully saturated rings. The normalized spacial score (nSPS) is 15.2. The summed E-state index contributed by atoms with van der Waals surface area (Å²) in [6, 6.07) is 0.349. The van der Waals surface area contributed by atoms with Crippen molar-refractivity contribution in [3.05, 3.63) is 5.82 Å². The number of aromatic nitrogens is 4. The van der Waals surface area contributed by atoms with Crippen molar-refractivity contribution in [1.29, 1.82) is 0 Å². The van der Waals surface area contributed by atoms with Crippen LogP contribution in [-0.4, -0.2) is 41.0 Å². The van der Waals surface area contributed by atoms with Gasteiger partial charge in [0, 0.05) is 7.11 Å². The van der Waals surface area contributed by atoms with Crippen LogP contribution in [0.5, 0.6) is 0 Å². The molecule has 0 aliphatic carbocycles. The number of rotatable bonds is 6. The lowest BCUT2D eigenvalue weighted by molar-refractivity contribution is 0.144. The highest BCUT2D eigenvalue weighted by Gasteiger charge is 2.18. The van der Waals surface area contributed by atoms with Crippen LogP contribution < -0.4 is 5.32 Å². The Balaban J connectivity index is 2.86. The lowest BCUT2D eigenvalue weighted by atomic mass is 10.2. The Morgan fingerprint density at radius 3 is 2.80 bits per heavy atom. The van der Waals surface area contributed by atoms with E-state index in [2.05, 4.69) is 27.8 Å². The van der Waals surface area contributed by atoms with E-state index in [9.17, 15) is 0 Å². The van der Waals surface area contributed by atoms with Crippen molar-refractivity contribution in [2.24, 2.45) is 0 Å². The standard InChI is InChI=1S/C9H19N5O/c1-5-8(6-15-4)14-9(7(2)10-3)11-12-13-14/h7-8,10H,5-6H2,1-4H3. The lowest BCUT2D eigenvalue weighted by Crippen LogP contribution is -2.23. The summed E-state index contributed by atoms with van der Waals surface area (Å²) in [6.07, 6.45) is 0.947. The predicted octanol–water partition coefficient (Wildman–Crippen LogP) is 0.551. The molecule has 0 aromatic carbocycles. The van der Waals surface area contributed by atoms with Crippen LogP contribution in [-0.2, 0) is 4.74 Å². The monoisotopic (exact) mass is 213 g/mol. The van der Waals surface area contributed by atoms with Crippen LogP contribution in [0.2, 0.25) is 0 Å². The van der Waals surface area contributed by atoms with Crippen molar-refractivity contribution >= 4 is 0 Å². The Bertz CT molecular complexity index is 288. The number of hydrogen-bond acceptors (Lipinski definition) is 5. The average Bonchev–Trinajstić information content (AvgIpc) is 2.73. The molecule has 1 N–H and O–H groups in total. The fourth-order valence-corrected chi connectivity index (χ4v) is 1.43. The fourth-order valence-electron chi connectivity index (χ4n) is 1.43. The third-order valence-electron chi connectivity index (χ3n) is 2.51. The van der Waals surface area contributed by atoms with Gasteiger partial charge in [0.1, 0.15) is 0 Å². The maximum Gasteiger partial charge on any atom is 0.168 e. The second-order valence-corrected chi connectivity index (χ2v) is 3.51. The van der Waals surface area contributed by atoms with Crippen molar-refractivity contribution in [2.45, 2.75) is 32.4 Å². The van der Waals surface area contributed by atoms with E-state index in [0.29, 0.717) is 6.61 Å². The molecular weight excluding hydrogens is 194 g/mol. The largest absolute Gasteiger partial charge is 0.382 e. The molecule has 2 atom stereocenters. The predicted molar refractivity (Wildman–Crippen MR) is 56.5 cm³/mol. The molecule has 1 rings (SSSR count). The zero-order valence-corrected chi connectivity index (χ0v) is 9.77. The molecule has 0 spiro atoms. The van der Waals surface area contributed by atoms with Gasteiger partial charge in [0.25, 0.3) is 0 Å². The van der Waals surface area contributed by atoms with Crippen LogP contribution in [0.4, 0.5) is 0 Å². The van der Waals surface area contributed by atoms with E-state index in [1.54, 1.807) is 7.11 Å². The van der Waals surface area contributed by atoms with Crippen molar-refractivity contribution < 1.29 is 4.74 Å². The van der Waals surface area contributed by atoms with Gasteiger partial charge < -0.3 is 10.1 Å². The van der Waals surface area contributed by atoms with Crippen molar-refractivity contribution in [3.63, 3.8) is 0 Å². The van der Waals surface area contributed by atoms with Gasteiger partial charge in [0.05, 0.1) is 18.7 Å². The minimum Gasteiger partial charge on any atom is -0.382 e. The first-order valence-corrected chi connectivity index (χ1v) is 5.18.